The molecule has 7 aromatic carbocycles. The van der Waals surface area contributed by atoms with Crippen molar-refractivity contribution in [1.82, 2.24) is 0 Å². The molecule has 0 unspecified atom stereocenters. The second-order valence-electron chi connectivity index (χ2n) is 26.4. The van der Waals surface area contributed by atoms with Gasteiger partial charge in [0.2, 0.25) is 0 Å². The van der Waals surface area contributed by atoms with Crippen LogP contribution in [0.1, 0.15) is 155 Å². The Kier molecular flexibility index (Phi) is 8.89. The third-order valence-electron chi connectivity index (χ3n) is 19.2. The molecule has 71 heavy (non-hydrogen) atoms. The molecule has 9 aromatic rings. The standard InChI is InChI=1S/C66H67BN2S2/c1-61(2)27-29-63(5,6)46-33-38(21-24-44(46)61)68-52-37-49-48(65(9,10)31-32-66(49,11)12)36-50(52)67-58-53(68)35-43-41-18-14-16-20-55(41)71-60(43)57(58)56-51(26-23-42-40-17-13-15-19-54(40)70-59(42)56)69(67)39-22-25-45-47(34-39)64(7,8)30-28-62(45,3)4/h13-26,33-37H,27-32H2,1-12H3. The van der Waals surface area contributed by atoms with E-state index in [1.165, 1.54) is 163 Å². The second-order valence-corrected chi connectivity index (χ2v) is 28.5. The molecular formula is C66H67BN2S2. The summed E-state index contributed by atoms with van der Waals surface area (Å²) < 4.78 is 5.50. The van der Waals surface area contributed by atoms with E-state index in [1.807, 2.05) is 22.7 Å². The molecule has 0 amide bonds. The molecule has 356 valence electrons. The zero-order valence-corrected chi connectivity index (χ0v) is 45.6. The van der Waals surface area contributed by atoms with Gasteiger partial charge in [-0.25, -0.2) is 0 Å². The van der Waals surface area contributed by atoms with Crippen molar-refractivity contribution in [1.29, 1.82) is 0 Å². The Morgan fingerprint density at radius 2 is 0.845 bits per heavy atom. The van der Waals surface area contributed by atoms with Crippen LogP contribution in [0.3, 0.4) is 0 Å². The normalized spacial score (nSPS) is 20.4. The Hall–Kier alpha value is -5.36. The summed E-state index contributed by atoms with van der Waals surface area (Å²) in [5, 5.41) is 5.42. The summed E-state index contributed by atoms with van der Waals surface area (Å²) in [5.74, 6) is 0. The third kappa shape index (κ3) is 6.06. The Morgan fingerprint density at radius 3 is 1.42 bits per heavy atom. The smallest absolute Gasteiger partial charge is 0.333 e. The van der Waals surface area contributed by atoms with Gasteiger partial charge in [-0.05, 0) is 170 Å². The van der Waals surface area contributed by atoms with Crippen LogP contribution in [-0.2, 0) is 32.5 Å². The van der Waals surface area contributed by atoms with Gasteiger partial charge < -0.3 is 9.71 Å². The number of hydrogen-bond acceptors (Lipinski definition) is 4. The zero-order valence-electron chi connectivity index (χ0n) is 44.0. The van der Waals surface area contributed by atoms with Crippen LogP contribution in [0.2, 0.25) is 0 Å². The van der Waals surface area contributed by atoms with Crippen molar-refractivity contribution in [2.75, 3.05) is 9.71 Å². The lowest BCUT2D eigenvalue weighted by molar-refractivity contribution is 0.332. The number of thiophene rings is 2. The van der Waals surface area contributed by atoms with Gasteiger partial charge in [0.25, 0.3) is 0 Å². The van der Waals surface area contributed by atoms with Gasteiger partial charge in [-0.3, -0.25) is 0 Å². The summed E-state index contributed by atoms with van der Waals surface area (Å²) in [5.41, 5.74) is 21.7. The van der Waals surface area contributed by atoms with Gasteiger partial charge in [0.05, 0.1) is 0 Å². The molecule has 2 nitrogen and oxygen atoms in total. The Bertz CT molecular complexity index is 3810. The van der Waals surface area contributed by atoms with E-state index in [2.05, 4.69) is 208 Å². The van der Waals surface area contributed by atoms with E-state index < -0.39 is 0 Å². The van der Waals surface area contributed by atoms with Crippen LogP contribution >= 0.6 is 22.7 Å². The predicted molar refractivity (Wildman–Crippen MR) is 312 cm³/mol. The summed E-state index contributed by atoms with van der Waals surface area (Å²) in [4.78, 5) is 5.60. The van der Waals surface area contributed by atoms with Crippen LogP contribution in [0, 0.1) is 0 Å². The average molecular weight is 963 g/mol. The van der Waals surface area contributed by atoms with Gasteiger partial charge in [0.15, 0.2) is 0 Å². The fourth-order valence-electron chi connectivity index (χ4n) is 14.5. The number of hydrogen-bond donors (Lipinski definition) is 0. The van der Waals surface area contributed by atoms with E-state index in [1.54, 1.807) is 0 Å². The first-order valence-corrected chi connectivity index (χ1v) is 28.3. The summed E-state index contributed by atoms with van der Waals surface area (Å²) in [6, 6.07) is 46.7. The maximum absolute atomic E-state index is 2.84. The quantitative estimate of drug-likeness (QED) is 0.159. The second kappa shape index (κ2) is 14.2. The van der Waals surface area contributed by atoms with Gasteiger partial charge in [0.1, 0.15) is 0 Å². The number of fused-ring (bicyclic) bond motifs is 15. The van der Waals surface area contributed by atoms with Gasteiger partial charge >= 0.3 is 6.85 Å². The fraction of sp³-hybridized carbons (Fsp3) is 0.364. The lowest BCUT2D eigenvalue weighted by Gasteiger charge is -2.49. The monoisotopic (exact) mass is 962 g/mol. The van der Waals surface area contributed by atoms with E-state index in [0.29, 0.717) is 0 Å². The highest BCUT2D eigenvalue weighted by Crippen LogP contribution is 2.58. The van der Waals surface area contributed by atoms with Crippen molar-refractivity contribution in [3.63, 3.8) is 0 Å². The minimum absolute atomic E-state index is 0.0345. The third-order valence-corrected chi connectivity index (χ3v) is 21.6. The Morgan fingerprint density at radius 1 is 0.380 bits per heavy atom. The number of anilines is 5. The Balaban J connectivity index is 1.18. The van der Waals surface area contributed by atoms with Crippen LogP contribution in [-0.4, -0.2) is 6.85 Å². The predicted octanol–water partition coefficient (Wildman–Crippen LogP) is 18.2. The molecule has 0 bridgehead atoms. The van der Waals surface area contributed by atoms with Gasteiger partial charge in [-0.2, -0.15) is 0 Å². The van der Waals surface area contributed by atoms with Crippen molar-refractivity contribution >= 4 is 109 Å². The number of benzene rings is 7. The molecule has 5 heteroatoms. The van der Waals surface area contributed by atoms with E-state index in [9.17, 15) is 0 Å². The van der Waals surface area contributed by atoms with Gasteiger partial charge in [-0.15, -0.1) is 22.7 Å². The first kappa shape index (κ1) is 44.4. The van der Waals surface area contributed by atoms with Crippen LogP contribution in [0.25, 0.3) is 51.5 Å². The van der Waals surface area contributed by atoms with Crippen LogP contribution in [0.5, 0.6) is 0 Å². The maximum Gasteiger partial charge on any atom is 0.333 e. The molecule has 0 N–H and O–H groups in total. The largest absolute Gasteiger partial charge is 0.376 e. The van der Waals surface area contributed by atoms with E-state index in [-0.39, 0.29) is 39.3 Å². The number of rotatable bonds is 2. The van der Waals surface area contributed by atoms with Crippen LogP contribution in [0.15, 0.2) is 115 Å². The van der Waals surface area contributed by atoms with Crippen molar-refractivity contribution in [3.8, 4) is 11.1 Å². The zero-order chi connectivity index (χ0) is 49.1. The van der Waals surface area contributed by atoms with Crippen LogP contribution in [0.4, 0.5) is 28.4 Å². The van der Waals surface area contributed by atoms with E-state index in [4.69, 9.17) is 0 Å². The van der Waals surface area contributed by atoms with Crippen molar-refractivity contribution < 1.29 is 0 Å². The topological polar surface area (TPSA) is 6.48 Å². The van der Waals surface area contributed by atoms with Crippen LogP contribution < -0.4 is 20.6 Å². The highest BCUT2D eigenvalue weighted by Gasteiger charge is 2.50. The molecule has 0 fully saturated rings. The first-order chi connectivity index (χ1) is 33.7. The highest BCUT2D eigenvalue weighted by molar-refractivity contribution is 7.27. The van der Waals surface area contributed by atoms with Gasteiger partial charge in [0, 0.05) is 79.9 Å². The number of nitrogens with zero attached hydrogens (tertiary/aromatic N) is 2. The SMILES string of the molecule is CC1(C)CCC(C)(C)c2cc(N3B4c5cc6c(cc5N(c5ccc7c(c5)C(C)(C)CCC7(C)C)c5cc7c(sc8ccccc87)c(c54)-c4c3ccc3c4sc4ccccc43)C(C)(C)CCC6(C)C)ccc21. The molecule has 0 spiro atoms. The molecule has 2 aliphatic heterocycles. The summed E-state index contributed by atoms with van der Waals surface area (Å²) in [6.07, 6.45) is 7.11. The molecule has 3 aliphatic carbocycles. The minimum Gasteiger partial charge on any atom is -0.376 e. The summed E-state index contributed by atoms with van der Waals surface area (Å²) >= 11 is 3.99. The summed E-state index contributed by atoms with van der Waals surface area (Å²) in [6.45, 7) is 29.8. The minimum atomic E-state index is -0.0721. The molecule has 2 aromatic heterocycles. The first-order valence-electron chi connectivity index (χ1n) is 26.7. The fourth-order valence-corrected chi connectivity index (χ4v) is 17.0. The lowest BCUT2D eigenvalue weighted by atomic mass is 9.42. The Labute approximate surface area is 430 Å². The molecule has 0 saturated carbocycles. The molecule has 0 atom stereocenters. The highest BCUT2D eigenvalue weighted by atomic mass is 32.1. The molecule has 14 rings (SSSR count). The van der Waals surface area contributed by atoms with Crippen molar-refractivity contribution in [3.05, 3.63) is 149 Å². The van der Waals surface area contributed by atoms with Gasteiger partial charge in [-0.1, -0.05) is 144 Å². The molecule has 4 heterocycles. The molecule has 0 radical (unpaired) electrons. The molecule has 0 saturated heterocycles. The summed E-state index contributed by atoms with van der Waals surface area (Å²) in [7, 11) is 0. The lowest BCUT2D eigenvalue weighted by Crippen LogP contribution is -2.62. The molecule has 5 aliphatic rings. The van der Waals surface area contributed by atoms with E-state index >= 15 is 0 Å². The maximum atomic E-state index is 2.84. The average Bonchev–Trinajstić information content (AvgIpc) is 3.91. The molecular weight excluding hydrogens is 896 g/mol. The van der Waals surface area contributed by atoms with Crippen molar-refractivity contribution in [2.24, 2.45) is 0 Å². The van der Waals surface area contributed by atoms with Crippen molar-refractivity contribution in [2.45, 2.75) is 154 Å². The van der Waals surface area contributed by atoms with E-state index in [0.717, 1.165) is 0 Å².